The summed E-state index contributed by atoms with van der Waals surface area (Å²) in [6.07, 6.45) is 5.56. The van der Waals surface area contributed by atoms with Crippen LogP contribution in [0.3, 0.4) is 0 Å². The molecule has 0 saturated heterocycles. The van der Waals surface area contributed by atoms with Crippen molar-refractivity contribution in [2.45, 2.75) is 25.2 Å². The minimum atomic E-state index is 0.0765. The quantitative estimate of drug-likeness (QED) is 0.770. The van der Waals surface area contributed by atoms with Crippen molar-refractivity contribution in [3.8, 4) is 0 Å². The number of hydrogen-bond donors (Lipinski definition) is 0. The molecule has 3 rings (SSSR count). The van der Waals surface area contributed by atoms with Crippen molar-refractivity contribution in [3.05, 3.63) is 52.0 Å². The van der Waals surface area contributed by atoms with Gasteiger partial charge in [-0.2, -0.15) is 0 Å². The van der Waals surface area contributed by atoms with Gasteiger partial charge in [-0.05, 0) is 24.3 Å². The summed E-state index contributed by atoms with van der Waals surface area (Å²) >= 11 is 1.39. The summed E-state index contributed by atoms with van der Waals surface area (Å²) in [6, 6.07) is 8.07. The van der Waals surface area contributed by atoms with Crippen LogP contribution in [-0.2, 0) is 0 Å². The standard InChI is InChI=1S/C14H13NOS/c16-14(13-8-15-9-17-13)12-6-4-11(5-7-12)10-2-1-3-10/h4-10H,1-3H2. The van der Waals surface area contributed by atoms with Crippen LogP contribution < -0.4 is 0 Å². The third-order valence-corrected chi connectivity index (χ3v) is 4.18. The second-order valence-electron chi connectivity index (χ2n) is 4.44. The molecule has 1 aromatic carbocycles. The van der Waals surface area contributed by atoms with E-state index in [1.807, 2.05) is 12.1 Å². The lowest BCUT2D eigenvalue weighted by molar-refractivity contribution is 0.104. The zero-order valence-corrected chi connectivity index (χ0v) is 10.2. The van der Waals surface area contributed by atoms with E-state index in [0.29, 0.717) is 4.88 Å². The number of nitrogens with zero attached hydrogens (tertiary/aromatic N) is 1. The average molecular weight is 243 g/mol. The van der Waals surface area contributed by atoms with Gasteiger partial charge in [0.15, 0.2) is 0 Å². The summed E-state index contributed by atoms with van der Waals surface area (Å²) < 4.78 is 0. The highest BCUT2D eigenvalue weighted by atomic mass is 32.1. The molecule has 17 heavy (non-hydrogen) atoms. The normalized spacial score (nSPS) is 15.5. The molecule has 2 nitrogen and oxygen atoms in total. The van der Waals surface area contributed by atoms with E-state index < -0.39 is 0 Å². The molecule has 0 amide bonds. The summed E-state index contributed by atoms with van der Waals surface area (Å²) in [4.78, 5) is 16.7. The predicted octanol–water partition coefficient (Wildman–Crippen LogP) is 3.64. The smallest absolute Gasteiger partial charge is 0.204 e. The first kappa shape index (κ1) is 10.7. The van der Waals surface area contributed by atoms with Crippen LogP contribution in [0, 0.1) is 0 Å². The number of hydrogen-bond acceptors (Lipinski definition) is 3. The van der Waals surface area contributed by atoms with Crippen molar-refractivity contribution in [1.29, 1.82) is 0 Å². The van der Waals surface area contributed by atoms with Gasteiger partial charge >= 0.3 is 0 Å². The zero-order valence-electron chi connectivity index (χ0n) is 9.43. The summed E-state index contributed by atoms with van der Waals surface area (Å²) in [5.74, 6) is 0.801. The molecule has 1 aliphatic carbocycles. The van der Waals surface area contributed by atoms with Crippen LogP contribution >= 0.6 is 11.3 Å². The number of benzene rings is 1. The number of rotatable bonds is 3. The van der Waals surface area contributed by atoms with Gasteiger partial charge in [-0.3, -0.25) is 9.78 Å². The summed E-state index contributed by atoms with van der Waals surface area (Å²) in [5, 5.41) is 0. The van der Waals surface area contributed by atoms with E-state index in [4.69, 9.17) is 0 Å². The minimum absolute atomic E-state index is 0.0765. The Morgan fingerprint density at radius 3 is 2.53 bits per heavy atom. The van der Waals surface area contributed by atoms with Gasteiger partial charge in [-0.1, -0.05) is 30.7 Å². The molecular formula is C14H13NOS. The second kappa shape index (κ2) is 4.41. The number of carbonyl (C=O) groups is 1. The molecule has 3 heteroatoms. The van der Waals surface area contributed by atoms with E-state index in [9.17, 15) is 4.79 Å². The molecule has 1 aromatic heterocycles. The van der Waals surface area contributed by atoms with E-state index in [1.165, 1.54) is 36.2 Å². The van der Waals surface area contributed by atoms with Crippen LogP contribution in [0.1, 0.15) is 46.0 Å². The summed E-state index contributed by atoms with van der Waals surface area (Å²) in [7, 11) is 0. The van der Waals surface area contributed by atoms with Crippen LogP contribution in [0.4, 0.5) is 0 Å². The third kappa shape index (κ3) is 2.03. The topological polar surface area (TPSA) is 30.0 Å². The molecule has 1 fully saturated rings. The first-order chi connectivity index (χ1) is 8.34. The highest BCUT2D eigenvalue weighted by molar-refractivity contribution is 7.11. The summed E-state index contributed by atoms with van der Waals surface area (Å²) in [5.41, 5.74) is 3.82. The van der Waals surface area contributed by atoms with Crippen LogP contribution in [0.5, 0.6) is 0 Å². The van der Waals surface area contributed by atoms with E-state index in [0.717, 1.165) is 11.5 Å². The van der Waals surface area contributed by atoms with Crippen molar-refractivity contribution in [1.82, 2.24) is 4.98 Å². The highest BCUT2D eigenvalue weighted by Gasteiger charge is 2.19. The Bertz CT molecular complexity index is 512. The fourth-order valence-corrected chi connectivity index (χ4v) is 2.70. The molecule has 0 N–H and O–H groups in total. The van der Waals surface area contributed by atoms with E-state index in [1.54, 1.807) is 11.7 Å². The maximum absolute atomic E-state index is 12.0. The van der Waals surface area contributed by atoms with Gasteiger partial charge in [0.2, 0.25) is 5.78 Å². The monoisotopic (exact) mass is 243 g/mol. The first-order valence-corrected chi connectivity index (χ1v) is 6.76. The predicted molar refractivity (Wildman–Crippen MR) is 68.6 cm³/mol. The van der Waals surface area contributed by atoms with Gasteiger partial charge in [0.05, 0.1) is 10.4 Å². The first-order valence-electron chi connectivity index (χ1n) is 5.88. The van der Waals surface area contributed by atoms with Gasteiger partial charge in [0, 0.05) is 11.8 Å². The molecule has 1 saturated carbocycles. The Morgan fingerprint density at radius 1 is 1.24 bits per heavy atom. The maximum Gasteiger partial charge on any atom is 0.204 e. The molecule has 0 radical (unpaired) electrons. The van der Waals surface area contributed by atoms with E-state index >= 15 is 0 Å². The van der Waals surface area contributed by atoms with E-state index in [-0.39, 0.29) is 5.78 Å². The SMILES string of the molecule is O=C(c1ccc(C2CCC2)cc1)c1cncs1. The maximum atomic E-state index is 12.0. The highest BCUT2D eigenvalue weighted by Crippen LogP contribution is 2.36. The Labute approximate surface area is 104 Å². The van der Waals surface area contributed by atoms with Gasteiger partial charge in [-0.15, -0.1) is 11.3 Å². The lowest BCUT2D eigenvalue weighted by Gasteiger charge is -2.25. The van der Waals surface area contributed by atoms with Crippen molar-refractivity contribution < 1.29 is 4.79 Å². The Kier molecular flexibility index (Phi) is 2.77. The van der Waals surface area contributed by atoms with E-state index in [2.05, 4.69) is 17.1 Å². The summed E-state index contributed by atoms with van der Waals surface area (Å²) in [6.45, 7) is 0. The zero-order chi connectivity index (χ0) is 11.7. The van der Waals surface area contributed by atoms with Crippen molar-refractivity contribution >= 4 is 17.1 Å². The fraction of sp³-hybridized carbons (Fsp3) is 0.286. The lowest BCUT2D eigenvalue weighted by atomic mass is 9.80. The molecule has 2 aromatic rings. The van der Waals surface area contributed by atoms with Gasteiger partial charge in [0.1, 0.15) is 0 Å². The molecule has 1 heterocycles. The Balaban J connectivity index is 1.82. The second-order valence-corrected chi connectivity index (χ2v) is 5.33. The average Bonchev–Trinajstić information content (AvgIpc) is 2.80. The van der Waals surface area contributed by atoms with Crippen molar-refractivity contribution in [2.75, 3.05) is 0 Å². The Morgan fingerprint density at radius 2 is 2.00 bits per heavy atom. The van der Waals surface area contributed by atoms with Crippen LogP contribution in [0.2, 0.25) is 0 Å². The molecule has 86 valence electrons. The van der Waals surface area contributed by atoms with Crippen LogP contribution in [0.15, 0.2) is 36.0 Å². The molecule has 0 bridgehead atoms. The molecular weight excluding hydrogens is 230 g/mol. The molecule has 0 unspecified atom stereocenters. The van der Waals surface area contributed by atoms with Gasteiger partial charge in [0.25, 0.3) is 0 Å². The van der Waals surface area contributed by atoms with Crippen molar-refractivity contribution in [2.24, 2.45) is 0 Å². The number of carbonyl (C=O) groups excluding carboxylic acids is 1. The van der Waals surface area contributed by atoms with Crippen LogP contribution in [0.25, 0.3) is 0 Å². The molecule has 0 aliphatic heterocycles. The third-order valence-electron chi connectivity index (χ3n) is 3.41. The van der Waals surface area contributed by atoms with Gasteiger partial charge < -0.3 is 0 Å². The molecule has 1 aliphatic rings. The largest absolute Gasteiger partial charge is 0.288 e. The molecule has 0 atom stereocenters. The number of thiazole rings is 1. The number of ketones is 1. The van der Waals surface area contributed by atoms with Gasteiger partial charge in [-0.25, -0.2) is 0 Å². The lowest BCUT2D eigenvalue weighted by Crippen LogP contribution is -2.09. The fourth-order valence-electron chi connectivity index (χ4n) is 2.12. The van der Waals surface area contributed by atoms with Crippen molar-refractivity contribution in [3.63, 3.8) is 0 Å². The molecule has 0 spiro atoms. The van der Waals surface area contributed by atoms with Crippen LogP contribution in [-0.4, -0.2) is 10.8 Å². The Hall–Kier alpha value is -1.48. The minimum Gasteiger partial charge on any atom is -0.288 e. The number of aromatic nitrogens is 1.